The third kappa shape index (κ3) is 5.49. The molecule has 6 nitrogen and oxygen atoms in total. The maximum absolute atomic E-state index is 11.4. The summed E-state index contributed by atoms with van der Waals surface area (Å²) in [5.74, 6) is -1.22. The van der Waals surface area contributed by atoms with E-state index in [0.717, 1.165) is 12.2 Å². The van der Waals surface area contributed by atoms with Crippen molar-refractivity contribution in [2.45, 2.75) is 6.92 Å². The second kappa shape index (κ2) is 6.95. The molecule has 19 heavy (non-hydrogen) atoms. The van der Waals surface area contributed by atoms with Crippen molar-refractivity contribution in [3.63, 3.8) is 0 Å². The Hall–Kier alpha value is -2.63. The second-order valence-corrected chi connectivity index (χ2v) is 3.60. The van der Waals surface area contributed by atoms with Crippen LogP contribution in [0.1, 0.15) is 6.92 Å². The minimum absolute atomic E-state index is 0.169. The number of amides is 2. The Morgan fingerprint density at radius 2 is 1.53 bits per heavy atom. The highest BCUT2D eigenvalue weighted by molar-refractivity contribution is 6.02. The predicted molar refractivity (Wildman–Crippen MR) is 70.5 cm³/mol. The average Bonchev–Trinajstić information content (AvgIpc) is 2.37. The molecule has 0 bridgehead atoms. The quantitative estimate of drug-likeness (QED) is 0.633. The molecule has 0 heterocycles. The van der Waals surface area contributed by atoms with Gasteiger partial charge in [0.25, 0.3) is 0 Å². The van der Waals surface area contributed by atoms with Crippen molar-refractivity contribution in [2.24, 2.45) is 0 Å². The van der Waals surface area contributed by atoms with Gasteiger partial charge >= 0.3 is 5.97 Å². The van der Waals surface area contributed by atoms with Crippen LogP contribution in [-0.4, -0.2) is 24.9 Å². The number of hydrogen-bond donors (Lipinski definition) is 2. The van der Waals surface area contributed by atoms with E-state index in [1.54, 1.807) is 24.3 Å². The third-order valence-electron chi connectivity index (χ3n) is 2.04. The molecule has 0 aliphatic rings. The lowest BCUT2D eigenvalue weighted by atomic mass is 10.2. The van der Waals surface area contributed by atoms with E-state index in [2.05, 4.69) is 15.4 Å². The van der Waals surface area contributed by atoms with Crippen molar-refractivity contribution < 1.29 is 19.1 Å². The molecule has 0 radical (unpaired) electrons. The smallest absolute Gasteiger partial charge is 0.330 e. The van der Waals surface area contributed by atoms with Crippen LogP contribution >= 0.6 is 0 Å². The van der Waals surface area contributed by atoms with Gasteiger partial charge in [-0.15, -0.1) is 0 Å². The predicted octanol–water partition coefficient (Wildman–Crippen LogP) is 1.31. The minimum atomic E-state index is -0.601. The first kappa shape index (κ1) is 14.4. The maximum atomic E-state index is 11.4. The van der Waals surface area contributed by atoms with E-state index in [0.29, 0.717) is 11.4 Å². The summed E-state index contributed by atoms with van der Waals surface area (Å²) >= 11 is 0. The Bertz CT molecular complexity index is 506. The molecule has 0 aromatic heterocycles. The number of benzene rings is 1. The Morgan fingerprint density at radius 1 is 1.00 bits per heavy atom. The fourth-order valence-electron chi connectivity index (χ4n) is 1.24. The summed E-state index contributed by atoms with van der Waals surface area (Å²) in [5.41, 5.74) is 1.18. The van der Waals surface area contributed by atoms with E-state index >= 15 is 0 Å². The van der Waals surface area contributed by atoms with Crippen LogP contribution in [0.5, 0.6) is 0 Å². The molecule has 1 aromatic carbocycles. The molecule has 1 aromatic rings. The first-order valence-corrected chi connectivity index (χ1v) is 5.46. The van der Waals surface area contributed by atoms with Gasteiger partial charge in [-0.3, -0.25) is 9.59 Å². The Labute approximate surface area is 110 Å². The average molecular weight is 262 g/mol. The molecule has 0 atom stereocenters. The summed E-state index contributed by atoms with van der Waals surface area (Å²) in [7, 11) is 1.23. The monoisotopic (exact) mass is 262 g/mol. The molecule has 0 aliphatic heterocycles. The lowest BCUT2D eigenvalue weighted by Gasteiger charge is -2.04. The van der Waals surface area contributed by atoms with Gasteiger partial charge < -0.3 is 15.4 Å². The van der Waals surface area contributed by atoms with Gasteiger partial charge in [-0.1, -0.05) is 0 Å². The number of ether oxygens (including phenoxy) is 1. The van der Waals surface area contributed by atoms with E-state index < -0.39 is 11.9 Å². The molecule has 6 heteroatoms. The molecular formula is C13H14N2O4. The zero-order chi connectivity index (χ0) is 14.3. The van der Waals surface area contributed by atoms with Crippen molar-refractivity contribution in [3.8, 4) is 0 Å². The van der Waals surface area contributed by atoms with Crippen molar-refractivity contribution in [2.75, 3.05) is 17.7 Å². The summed E-state index contributed by atoms with van der Waals surface area (Å²) in [6, 6.07) is 6.58. The van der Waals surface area contributed by atoms with E-state index in [9.17, 15) is 14.4 Å². The minimum Gasteiger partial charge on any atom is -0.466 e. The van der Waals surface area contributed by atoms with Crippen LogP contribution in [0.4, 0.5) is 11.4 Å². The Kier molecular flexibility index (Phi) is 5.28. The van der Waals surface area contributed by atoms with Gasteiger partial charge in [0, 0.05) is 30.5 Å². The SMILES string of the molecule is COC(=O)/C=C/C(=O)Nc1ccc(NC(C)=O)cc1. The Balaban J connectivity index is 2.58. The molecule has 0 fully saturated rings. The molecule has 2 amide bonds. The van der Waals surface area contributed by atoms with Crippen LogP contribution in [0, 0.1) is 0 Å². The maximum Gasteiger partial charge on any atom is 0.330 e. The highest BCUT2D eigenvalue weighted by Crippen LogP contribution is 2.13. The zero-order valence-corrected chi connectivity index (χ0v) is 10.6. The second-order valence-electron chi connectivity index (χ2n) is 3.60. The molecule has 0 spiro atoms. The third-order valence-corrected chi connectivity index (χ3v) is 2.04. The number of rotatable bonds is 4. The van der Waals surface area contributed by atoms with E-state index in [4.69, 9.17) is 0 Å². The van der Waals surface area contributed by atoms with Crippen molar-refractivity contribution >= 4 is 29.2 Å². The number of carbonyl (C=O) groups excluding carboxylic acids is 3. The molecular weight excluding hydrogens is 248 g/mol. The topological polar surface area (TPSA) is 84.5 Å². The van der Waals surface area contributed by atoms with Crippen LogP contribution in [0.25, 0.3) is 0 Å². The number of nitrogens with one attached hydrogen (secondary N) is 2. The number of esters is 1. The van der Waals surface area contributed by atoms with Gasteiger partial charge in [-0.05, 0) is 24.3 Å². The number of methoxy groups -OCH3 is 1. The van der Waals surface area contributed by atoms with Crippen molar-refractivity contribution in [3.05, 3.63) is 36.4 Å². The zero-order valence-electron chi connectivity index (χ0n) is 10.6. The van der Waals surface area contributed by atoms with E-state index in [-0.39, 0.29) is 5.91 Å². The molecule has 2 N–H and O–H groups in total. The van der Waals surface area contributed by atoms with Crippen LogP contribution in [0.15, 0.2) is 36.4 Å². The van der Waals surface area contributed by atoms with Crippen LogP contribution < -0.4 is 10.6 Å². The van der Waals surface area contributed by atoms with Crippen LogP contribution in [-0.2, 0) is 19.1 Å². The summed E-state index contributed by atoms with van der Waals surface area (Å²) in [4.78, 5) is 33.0. The molecule has 0 saturated heterocycles. The van der Waals surface area contributed by atoms with Gasteiger partial charge in [-0.2, -0.15) is 0 Å². The van der Waals surface area contributed by atoms with Gasteiger partial charge in [-0.25, -0.2) is 4.79 Å². The first-order chi connectivity index (χ1) is 9.01. The number of hydrogen-bond acceptors (Lipinski definition) is 4. The van der Waals surface area contributed by atoms with Crippen molar-refractivity contribution in [1.29, 1.82) is 0 Å². The molecule has 100 valence electrons. The molecule has 0 saturated carbocycles. The number of anilines is 2. The summed E-state index contributed by atoms with van der Waals surface area (Å²) in [5, 5.41) is 5.16. The van der Waals surface area contributed by atoms with Crippen LogP contribution in [0.2, 0.25) is 0 Å². The molecule has 1 rings (SSSR count). The summed E-state index contributed by atoms with van der Waals surface area (Å²) in [6.07, 6.45) is 2.11. The fourth-order valence-corrected chi connectivity index (χ4v) is 1.24. The lowest BCUT2D eigenvalue weighted by Crippen LogP contribution is -2.09. The first-order valence-electron chi connectivity index (χ1n) is 5.46. The number of carbonyl (C=O) groups is 3. The fraction of sp³-hybridized carbons (Fsp3) is 0.154. The standard InChI is InChI=1S/C13H14N2O4/c1-9(16)14-10-3-5-11(6-4-10)15-12(17)7-8-13(18)19-2/h3-8H,1-2H3,(H,14,16)(H,15,17)/b8-7+. The van der Waals surface area contributed by atoms with E-state index in [1.807, 2.05) is 0 Å². The Morgan fingerprint density at radius 3 is 2.00 bits per heavy atom. The highest BCUT2D eigenvalue weighted by atomic mass is 16.5. The van der Waals surface area contributed by atoms with Gasteiger partial charge in [0.15, 0.2) is 0 Å². The van der Waals surface area contributed by atoms with Crippen LogP contribution in [0.3, 0.4) is 0 Å². The summed E-state index contributed by atoms with van der Waals surface area (Å²) in [6.45, 7) is 1.41. The summed E-state index contributed by atoms with van der Waals surface area (Å²) < 4.78 is 4.36. The van der Waals surface area contributed by atoms with Gasteiger partial charge in [0.2, 0.25) is 11.8 Å². The largest absolute Gasteiger partial charge is 0.466 e. The molecule has 0 unspecified atom stereocenters. The van der Waals surface area contributed by atoms with Gasteiger partial charge in [0.05, 0.1) is 7.11 Å². The van der Waals surface area contributed by atoms with E-state index in [1.165, 1.54) is 14.0 Å². The molecule has 0 aliphatic carbocycles. The normalized spacial score (nSPS) is 10.0. The highest BCUT2D eigenvalue weighted by Gasteiger charge is 2.00. The van der Waals surface area contributed by atoms with Crippen molar-refractivity contribution in [1.82, 2.24) is 0 Å². The lowest BCUT2D eigenvalue weighted by molar-refractivity contribution is -0.135. The van der Waals surface area contributed by atoms with Gasteiger partial charge in [0.1, 0.15) is 0 Å².